The molecule has 27 heavy (non-hydrogen) atoms. The minimum Gasteiger partial charge on any atom is -0.468 e. The second-order valence-electron chi connectivity index (χ2n) is 5.84. The van der Waals surface area contributed by atoms with Gasteiger partial charge in [-0.15, -0.1) is 0 Å². The van der Waals surface area contributed by atoms with Crippen LogP contribution in [0.5, 0.6) is 0 Å². The highest BCUT2D eigenvalue weighted by Crippen LogP contribution is 2.17. The van der Waals surface area contributed by atoms with Crippen molar-refractivity contribution in [3.8, 4) is 0 Å². The van der Waals surface area contributed by atoms with E-state index in [0.717, 1.165) is 16.3 Å². The quantitative estimate of drug-likeness (QED) is 0.426. The zero-order chi connectivity index (χ0) is 20.0. The monoisotopic (exact) mass is 392 g/mol. The van der Waals surface area contributed by atoms with Crippen LogP contribution in [-0.4, -0.2) is 46.4 Å². The van der Waals surface area contributed by atoms with Crippen LogP contribution >= 0.6 is 11.8 Å². The standard InChI is InChI=1S/C17H20N4O5S/c1-10(2)18-16(25)20-13(22)9-27-17-19-12-7-5-4-6-11(12)15(24)21(17)8-14(23)26-3/h4-7,10H,8-9H2,1-3H3,(H2,18,20,22,25). The van der Waals surface area contributed by atoms with E-state index in [1.165, 1.54) is 7.11 Å². The number of hydrogen-bond acceptors (Lipinski definition) is 7. The molecule has 2 aromatic rings. The Morgan fingerprint density at radius 2 is 1.96 bits per heavy atom. The molecule has 0 aliphatic rings. The molecule has 144 valence electrons. The lowest BCUT2D eigenvalue weighted by molar-refractivity contribution is -0.141. The molecule has 1 aromatic carbocycles. The Morgan fingerprint density at radius 1 is 1.26 bits per heavy atom. The van der Waals surface area contributed by atoms with Crippen molar-refractivity contribution in [2.75, 3.05) is 12.9 Å². The molecule has 2 rings (SSSR count). The van der Waals surface area contributed by atoms with Crippen LogP contribution in [0.4, 0.5) is 4.79 Å². The van der Waals surface area contributed by atoms with E-state index in [9.17, 15) is 19.2 Å². The number of esters is 1. The Bertz CT molecular complexity index is 925. The fraction of sp³-hybridized carbons (Fsp3) is 0.353. The van der Waals surface area contributed by atoms with Crippen molar-refractivity contribution in [3.63, 3.8) is 0 Å². The molecule has 0 saturated carbocycles. The van der Waals surface area contributed by atoms with Crippen LogP contribution in [0.2, 0.25) is 0 Å². The highest BCUT2D eigenvalue weighted by molar-refractivity contribution is 7.99. The summed E-state index contributed by atoms with van der Waals surface area (Å²) >= 11 is 0.950. The smallest absolute Gasteiger partial charge is 0.325 e. The minimum absolute atomic E-state index is 0.113. The predicted molar refractivity (Wildman–Crippen MR) is 101 cm³/mol. The number of hydrogen-bond donors (Lipinski definition) is 2. The SMILES string of the molecule is COC(=O)Cn1c(SCC(=O)NC(=O)NC(C)C)nc2ccccc2c1=O. The van der Waals surface area contributed by atoms with E-state index in [4.69, 9.17) is 0 Å². The molecule has 0 aliphatic carbocycles. The van der Waals surface area contributed by atoms with E-state index in [0.29, 0.717) is 10.9 Å². The topological polar surface area (TPSA) is 119 Å². The number of imide groups is 1. The fourth-order valence-electron chi connectivity index (χ4n) is 2.18. The summed E-state index contributed by atoms with van der Waals surface area (Å²) in [4.78, 5) is 52.2. The maximum absolute atomic E-state index is 12.7. The van der Waals surface area contributed by atoms with Crippen molar-refractivity contribution < 1.29 is 19.1 Å². The van der Waals surface area contributed by atoms with Crippen molar-refractivity contribution in [3.05, 3.63) is 34.6 Å². The lowest BCUT2D eigenvalue weighted by Crippen LogP contribution is -2.43. The molecule has 0 unspecified atom stereocenters. The van der Waals surface area contributed by atoms with Crippen LogP contribution in [0.15, 0.2) is 34.2 Å². The summed E-state index contributed by atoms with van der Waals surface area (Å²) in [7, 11) is 1.22. The molecular weight excluding hydrogens is 372 g/mol. The summed E-state index contributed by atoms with van der Waals surface area (Å²) in [5.41, 5.74) is 0.0375. The molecule has 0 spiro atoms. The number of carbonyl (C=O) groups excluding carboxylic acids is 3. The van der Waals surface area contributed by atoms with Crippen LogP contribution in [-0.2, 0) is 20.9 Å². The first-order valence-electron chi connectivity index (χ1n) is 8.11. The number of fused-ring (bicyclic) bond motifs is 1. The third kappa shape index (κ3) is 5.55. The number of amides is 3. The molecule has 1 aromatic heterocycles. The average Bonchev–Trinajstić information content (AvgIpc) is 2.61. The van der Waals surface area contributed by atoms with Gasteiger partial charge < -0.3 is 10.1 Å². The van der Waals surface area contributed by atoms with Gasteiger partial charge in [0, 0.05) is 6.04 Å². The molecule has 0 atom stereocenters. The molecule has 2 N–H and O–H groups in total. The Kier molecular flexibility index (Phi) is 6.94. The Morgan fingerprint density at radius 3 is 2.63 bits per heavy atom. The van der Waals surface area contributed by atoms with E-state index < -0.39 is 23.5 Å². The number of para-hydroxylation sites is 1. The molecular formula is C17H20N4O5S. The van der Waals surface area contributed by atoms with Crippen molar-refractivity contribution >= 4 is 40.6 Å². The first kappa shape index (κ1) is 20.4. The number of thioether (sulfide) groups is 1. The summed E-state index contributed by atoms with van der Waals surface area (Å²) in [6.45, 7) is 3.21. The van der Waals surface area contributed by atoms with Gasteiger partial charge in [0.15, 0.2) is 5.16 Å². The van der Waals surface area contributed by atoms with Crippen molar-refractivity contribution in [1.82, 2.24) is 20.2 Å². The number of carbonyl (C=O) groups is 3. The van der Waals surface area contributed by atoms with Crippen molar-refractivity contribution in [2.45, 2.75) is 31.6 Å². The summed E-state index contributed by atoms with van der Waals surface area (Å²) in [5.74, 6) is -1.32. The van der Waals surface area contributed by atoms with Crippen LogP contribution in [0.25, 0.3) is 10.9 Å². The Labute approximate surface area is 159 Å². The summed E-state index contributed by atoms with van der Waals surface area (Å²) in [5, 5.41) is 5.26. The predicted octanol–water partition coefficient (Wildman–Crippen LogP) is 0.896. The van der Waals surface area contributed by atoms with Gasteiger partial charge in [-0.05, 0) is 26.0 Å². The third-order valence-electron chi connectivity index (χ3n) is 3.35. The molecule has 9 nitrogen and oxygen atoms in total. The number of aromatic nitrogens is 2. The van der Waals surface area contributed by atoms with Gasteiger partial charge in [0.25, 0.3) is 5.56 Å². The van der Waals surface area contributed by atoms with E-state index in [-0.39, 0.29) is 23.5 Å². The molecule has 0 aliphatic heterocycles. The van der Waals surface area contributed by atoms with Crippen LogP contribution < -0.4 is 16.2 Å². The lowest BCUT2D eigenvalue weighted by Gasteiger charge is -2.12. The van der Waals surface area contributed by atoms with Crippen LogP contribution in [0, 0.1) is 0 Å². The number of ether oxygens (including phenoxy) is 1. The van der Waals surface area contributed by atoms with Crippen LogP contribution in [0.1, 0.15) is 13.8 Å². The molecule has 0 radical (unpaired) electrons. The highest BCUT2D eigenvalue weighted by Gasteiger charge is 2.16. The lowest BCUT2D eigenvalue weighted by atomic mass is 10.2. The molecule has 10 heteroatoms. The minimum atomic E-state index is -0.614. The maximum Gasteiger partial charge on any atom is 0.325 e. The second kappa shape index (κ2) is 9.17. The number of urea groups is 1. The van der Waals surface area contributed by atoms with Crippen LogP contribution in [0.3, 0.4) is 0 Å². The van der Waals surface area contributed by atoms with Gasteiger partial charge in [-0.1, -0.05) is 23.9 Å². The van der Waals surface area contributed by atoms with E-state index in [2.05, 4.69) is 20.4 Å². The maximum atomic E-state index is 12.7. The van der Waals surface area contributed by atoms with Gasteiger partial charge in [-0.3, -0.25) is 24.3 Å². The van der Waals surface area contributed by atoms with Gasteiger partial charge in [-0.2, -0.15) is 0 Å². The number of nitrogens with one attached hydrogen (secondary N) is 2. The molecule has 0 fully saturated rings. The van der Waals surface area contributed by atoms with Gasteiger partial charge in [0.2, 0.25) is 5.91 Å². The van der Waals surface area contributed by atoms with E-state index in [1.807, 2.05) is 0 Å². The number of nitrogens with zero attached hydrogens (tertiary/aromatic N) is 2. The summed E-state index contributed by atoms with van der Waals surface area (Å²) in [6, 6.07) is 5.99. The zero-order valence-corrected chi connectivity index (χ0v) is 16.0. The van der Waals surface area contributed by atoms with Gasteiger partial charge in [-0.25, -0.2) is 9.78 Å². The normalized spacial score (nSPS) is 10.7. The fourth-order valence-corrected chi connectivity index (χ4v) is 2.98. The van der Waals surface area contributed by atoms with Crippen molar-refractivity contribution in [2.24, 2.45) is 0 Å². The highest BCUT2D eigenvalue weighted by atomic mass is 32.2. The van der Waals surface area contributed by atoms with E-state index in [1.54, 1.807) is 38.1 Å². The summed E-state index contributed by atoms with van der Waals surface area (Å²) < 4.78 is 5.78. The Balaban J connectivity index is 2.24. The number of benzene rings is 1. The first-order chi connectivity index (χ1) is 12.8. The molecule has 0 bridgehead atoms. The van der Waals surface area contributed by atoms with Gasteiger partial charge in [0.1, 0.15) is 6.54 Å². The zero-order valence-electron chi connectivity index (χ0n) is 15.1. The number of methoxy groups -OCH3 is 1. The largest absolute Gasteiger partial charge is 0.468 e. The molecule has 0 saturated heterocycles. The molecule has 1 heterocycles. The van der Waals surface area contributed by atoms with Crippen molar-refractivity contribution in [1.29, 1.82) is 0 Å². The Hall–Kier alpha value is -2.88. The second-order valence-corrected chi connectivity index (χ2v) is 6.79. The summed E-state index contributed by atoms with van der Waals surface area (Å²) in [6.07, 6.45) is 0. The first-order valence-corrected chi connectivity index (χ1v) is 9.10. The number of rotatable bonds is 6. The third-order valence-corrected chi connectivity index (χ3v) is 4.32. The van der Waals surface area contributed by atoms with Gasteiger partial charge >= 0.3 is 12.0 Å². The van der Waals surface area contributed by atoms with Gasteiger partial charge in [0.05, 0.1) is 23.8 Å². The van der Waals surface area contributed by atoms with E-state index >= 15 is 0 Å². The average molecular weight is 392 g/mol. The molecule has 3 amide bonds.